The summed E-state index contributed by atoms with van der Waals surface area (Å²) in [5, 5.41) is 4.37. The molecule has 1 aliphatic rings. The fourth-order valence-electron chi connectivity index (χ4n) is 1.98. The van der Waals surface area contributed by atoms with E-state index < -0.39 is 11.7 Å². The fraction of sp³-hybridized carbons (Fsp3) is 0.846. The van der Waals surface area contributed by atoms with Crippen molar-refractivity contribution in [1.29, 1.82) is 0 Å². The number of hydroxylamine groups is 2. The second-order valence-electron chi connectivity index (χ2n) is 5.76. The maximum atomic E-state index is 11.6. The van der Waals surface area contributed by atoms with Gasteiger partial charge in [0.15, 0.2) is 0 Å². The van der Waals surface area contributed by atoms with Gasteiger partial charge in [0, 0.05) is 20.0 Å². The molecule has 0 aliphatic carbocycles. The summed E-state index contributed by atoms with van der Waals surface area (Å²) >= 11 is 0. The summed E-state index contributed by atoms with van der Waals surface area (Å²) in [7, 11) is 0. The number of carbonyl (C=O) groups excluding carboxylic acids is 2. The second kappa shape index (κ2) is 6.75. The molecule has 1 aliphatic heterocycles. The van der Waals surface area contributed by atoms with Crippen molar-refractivity contribution in [3.8, 4) is 0 Å². The van der Waals surface area contributed by atoms with Crippen LogP contribution in [0.1, 0.15) is 47.0 Å². The largest absolute Gasteiger partial charge is 0.444 e. The molecule has 6 heteroatoms. The average molecular weight is 272 g/mol. The second-order valence-corrected chi connectivity index (χ2v) is 5.76. The Balaban J connectivity index is 2.40. The molecule has 1 unspecified atom stereocenters. The molecule has 1 heterocycles. The molecule has 0 spiro atoms. The van der Waals surface area contributed by atoms with Gasteiger partial charge in [-0.15, -0.1) is 5.06 Å². The van der Waals surface area contributed by atoms with Crippen LogP contribution in [-0.2, 0) is 14.4 Å². The van der Waals surface area contributed by atoms with Gasteiger partial charge < -0.3 is 14.9 Å². The van der Waals surface area contributed by atoms with Gasteiger partial charge >= 0.3 is 12.1 Å². The summed E-state index contributed by atoms with van der Waals surface area (Å²) in [6.45, 7) is 7.96. The number of nitrogens with one attached hydrogen (secondary N) is 1. The number of hydrogen-bond donors (Lipinski definition) is 1. The Morgan fingerprint density at radius 1 is 1.32 bits per heavy atom. The zero-order valence-corrected chi connectivity index (χ0v) is 12.2. The summed E-state index contributed by atoms with van der Waals surface area (Å²) in [6, 6.07) is 0.0187. The van der Waals surface area contributed by atoms with E-state index in [4.69, 9.17) is 9.57 Å². The molecule has 0 aromatic heterocycles. The minimum absolute atomic E-state index is 0.0187. The van der Waals surface area contributed by atoms with Crippen LogP contribution in [0.5, 0.6) is 0 Å². The Bertz CT molecular complexity index is 325. The highest BCUT2D eigenvalue weighted by Gasteiger charge is 2.26. The number of alkyl carbamates (subject to hydrolysis) is 1. The Morgan fingerprint density at radius 2 is 2.00 bits per heavy atom. The molecule has 1 amide bonds. The predicted molar refractivity (Wildman–Crippen MR) is 70.3 cm³/mol. The van der Waals surface area contributed by atoms with Crippen LogP contribution in [0, 0.1) is 0 Å². The highest BCUT2D eigenvalue weighted by molar-refractivity contribution is 5.67. The number of piperidine rings is 1. The van der Waals surface area contributed by atoms with Crippen molar-refractivity contribution < 1.29 is 19.2 Å². The first kappa shape index (κ1) is 15.8. The molecular weight excluding hydrogens is 248 g/mol. The van der Waals surface area contributed by atoms with Crippen molar-refractivity contribution in [1.82, 2.24) is 10.4 Å². The van der Waals surface area contributed by atoms with Gasteiger partial charge in [-0.25, -0.2) is 4.79 Å². The molecular formula is C13H24N2O4. The van der Waals surface area contributed by atoms with Gasteiger partial charge in [-0.1, -0.05) is 6.42 Å². The van der Waals surface area contributed by atoms with Gasteiger partial charge in [-0.05, 0) is 33.6 Å². The first-order chi connectivity index (χ1) is 8.78. The number of nitrogens with zero attached hydrogens (tertiary/aromatic N) is 1. The van der Waals surface area contributed by atoms with Gasteiger partial charge in [0.2, 0.25) is 0 Å². The molecule has 0 aromatic rings. The summed E-state index contributed by atoms with van der Waals surface area (Å²) in [5.74, 6) is -0.329. The van der Waals surface area contributed by atoms with Crippen LogP contribution in [0.2, 0.25) is 0 Å². The van der Waals surface area contributed by atoms with E-state index in [1.54, 1.807) is 5.06 Å². The van der Waals surface area contributed by atoms with Gasteiger partial charge in [0.1, 0.15) is 5.60 Å². The number of ether oxygens (including phenoxy) is 1. The maximum absolute atomic E-state index is 11.6. The predicted octanol–water partition coefficient (Wildman–Crippen LogP) is 1.84. The van der Waals surface area contributed by atoms with Crippen LogP contribution in [0.3, 0.4) is 0 Å². The van der Waals surface area contributed by atoms with E-state index >= 15 is 0 Å². The maximum Gasteiger partial charge on any atom is 0.407 e. The zero-order valence-electron chi connectivity index (χ0n) is 12.2. The normalized spacial score (nSPS) is 20.7. The SMILES string of the molecule is CC(=O)ON1CCCCC1CNC(=O)OC(C)(C)C. The smallest absolute Gasteiger partial charge is 0.407 e. The molecule has 1 atom stereocenters. The first-order valence-corrected chi connectivity index (χ1v) is 6.70. The Morgan fingerprint density at radius 3 is 2.58 bits per heavy atom. The third-order valence-electron chi connectivity index (χ3n) is 2.70. The molecule has 110 valence electrons. The number of amides is 1. The van der Waals surface area contributed by atoms with E-state index in [2.05, 4.69) is 5.32 Å². The van der Waals surface area contributed by atoms with E-state index in [0.29, 0.717) is 13.1 Å². The van der Waals surface area contributed by atoms with Crippen molar-refractivity contribution in [3.63, 3.8) is 0 Å². The lowest BCUT2D eigenvalue weighted by atomic mass is 10.0. The Kier molecular flexibility index (Phi) is 5.60. The average Bonchev–Trinajstić information content (AvgIpc) is 2.24. The van der Waals surface area contributed by atoms with Crippen LogP contribution >= 0.6 is 0 Å². The van der Waals surface area contributed by atoms with Crippen molar-refractivity contribution >= 4 is 12.1 Å². The lowest BCUT2D eigenvalue weighted by Gasteiger charge is -2.33. The van der Waals surface area contributed by atoms with Crippen molar-refractivity contribution in [2.75, 3.05) is 13.1 Å². The quantitative estimate of drug-likeness (QED) is 0.849. The molecule has 0 saturated carbocycles. The molecule has 1 saturated heterocycles. The Labute approximate surface area is 114 Å². The fourth-order valence-corrected chi connectivity index (χ4v) is 1.98. The van der Waals surface area contributed by atoms with Crippen molar-refractivity contribution in [3.05, 3.63) is 0 Å². The third kappa shape index (κ3) is 6.42. The number of rotatable bonds is 3. The molecule has 0 radical (unpaired) electrons. The van der Waals surface area contributed by atoms with Gasteiger partial charge in [-0.3, -0.25) is 4.79 Å². The first-order valence-electron chi connectivity index (χ1n) is 6.70. The molecule has 1 N–H and O–H groups in total. The highest BCUT2D eigenvalue weighted by Crippen LogP contribution is 2.17. The Hall–Kier alpha value is -1.30. The van der Waals surface area contributed by atoms with Crippen LogP contribution in [-0.4, -0.2) is 41.9 Å². The highest BCUT2D eigenvalue weighted by atomic mass is 16.7. The minimum atomic E-state index is -0.508. The molecule has 1 fully saturated rings. The third-order valence-corrected chi connectivity index (χ3v) is 2.70. The van der Waals surface area contributed by atoms with E-state index in [0.717, 1.165) is 19.3 Å². The molecule has 0 aromatic carbocycles. The van der Waals surface area contributed by atoms with Gasteiger partial charge in [0.25, 0.3) is 0 Å². The zero-order chi connectivity index (χ0) is 14.5. The minimum Gasteiger partial charge on any atom is -0.444 e. The van der Waals surface area contributed by atoms with Crippen molar-refractivity contribution in [2.24, 2.45) is 0 Å². The van der Waals surface area contributed by atoms with E-state index in [9.17, 15) is 9.59 Å². The molecule has 1 rings (SSSR count). The van der Waals surface area contributed by atoms with E-state index in [1.807, 2.05) is 20.8 Å². The van der Waals surface area contributed by atoms with Crippen LogP contribution in [0.25, 0.3) is 0 Å². The van der Waals surface area contributed by atoms with E-state index in [1.165, 1.54) is 6.92 Å². The van der Waals surface area contributed by atoms with Gasteiger partial charge in [0.05, 0.1) is 6.04 Å². The summed E-state index contributed by atoms with van der Waals surface area (Å²) in [6.07, 6.45) is 2.51. The van der Waals surface area contributed by atoms with Crippen molar-refractivity contribution in [2.45, 2.75) is 58.6 Å². The number of hydrogen-bond acceptors (Lipinski definition) is 5. The van der Waals surface area contributed by atoms with Crippen LogP contribution in [0.4, 0.5) is 4.79 Å². The lowest BCUT2D eigenvalue weighted by Crippen LogP contribution is -2.47. The molecule has 0 bridgehead atoms. The van der Waals surface area contributed by atoms with Crippen LogP contribution in [0.15, 0.2) is 0 Å². The van der Waals surface area contributed by atoms with E-state index in [-0.39, 0.29) is 12.0 Å². The number of carbonyl (C=O) groups is 2. The van der Waals surface area contributed by atoms with Crippen LogP contribution < -0.4 is 5.32 Å². The molecule has 6 nitrogen and oxygen atoms in total. The topological polar surface area (TPSA) is 67.9 Å². The summed E-state index contributed by atoms with van der Waals surface area (Å²) in [5.41, 5.74) is -0.508. The summed E-state index contributed by atoms with van der Waals surface area (Å²) in [4.78, 5) is 27.7. The van der Waals surface area contributed by atoms with Gasteiger partial charge in [-0.2, -0.15) is 0 Å². The summed E-state index contributed by atoms with van der Waals surface area (Å²) < 4.78 is 5.17. The monoisotopic (exact) mass is 272 g/mol. The lowest BCUT2D eigenvalue weighted by molar-refractivity contribution is -0.204. The molecule has 19 heavy (non-hydrogen) atoms. The standard InChI is InChI=1S/C13H24N2O4/c1-10(16)19-15-8-6-5-7-11(15)9-14-12(17)18-13(2,3)4/h11H,5-9H2,1-4H3,(H,14,17).